The first-order chi connectivity index (χ1) is 8.41. The molecule has 100 valence electrons. The van der Waals surface area contributed by atoms with E-state index in [0.29, 0.717) is 12.3 Å². The maximum absolute atomic E-state index is 12.2. The van der Waals surface area contributed by atoms with E-state index in [2.05, 4.69) is 0 Å². The van der Waals surface area contributed by atoms with Crippen LogP contribution in [0.3, 0.4) is 0 Å². The van der Waals surface area contributed by atoms with Gasteiger partial charge in [-0.05, 0) is 18.4 Å². The van der Waals surface area contributed by atoms with Crippen molar-refractivity contribution >= 4 is 27.8 Å². The molecule has 0 saturated heterocycles. The molecular weight excluding hydrogens is 274 g/mol. The Kier molecular flexibility index (Phi) is 5.18. The Hall–Kier alpha value is -1.05. The van der Waals surface area contributed by atoms with Crippen LogP contribution >= 0.6 is 11.8 Å². The molecule has 1 aromatic rings. The van der Waals surface area contributed by atoms with E-state index in [1.165, 1.54) is 47.4 Å². The fourth-order valence-corrected chi connectivity index (χ4v) is 3.30. The number of hydrogen-bond donors (Lipinski definition) is 1. The van der Waals surface area contributed by atoms with Gasteiger partial charge in [0.15, 0.2) is 0 Å². The van der Waals surface area contributed by atoms with Gasteiger partial charge in [-0.1, -0.05) is 12.1 Å². The third kappa shape index (κ3) is 3.24. The second kappa shape index (κ2) is 6.21. The van der Waals surface area contributed by atoms with Gasteiger partial charge in [-0.3, -0.25) is 0 Å². The van der Waals surface area contributed by atoms with Crippen molar-refractivity contribution in [3.05, 3.63) is 29.8 Å². The molecule has 0 heterocycles. The highest BCUT2D eigenvalue weighted by Gasteiger charge is 2.25. The van der Waals surface area contributed by atoms with Crippen LogP contribution in [0.1, 0.15) is 10.4 Å². The lowest BCUT2D eigenvalue weighted by Gasteiger charge is -2.17. The number of thioether (sulfide) groups is 1. The van der Waals surface area contributed by atoms with Crippen molar-refractivity contribution in [1.82, 2.24) is 4.31 Å². The summed E-state index contributed by atoms with van der Waals surface area (Å²) < 4.78 is 25.6. The zero-order valence-corrected chi connectivity index (χ0v) is 11.8. The molecule has 0 aliphatic carbocycles. The van der Waals surface area contributed by atoms with Gasteiger partial charge in [0.1, 0.15) is 0 Å². The van der Waals surface area contributed by atoms with Crippen LogP contribution < -0.4 is 0 Å². The Labute approximate surface area is 111 Å². The van der Waals surface area contributed by atoms with E-state index in [-0.39, 0.29) is 10.5 Å². The third-order valence-corrected chi connectivity index (χ3v) is 4.92. The molecule has 18 heavy (non-hydrogen) atoms. The quantitative estimate of drug-likeness (QED) is 0.856. The van der Waals surface area contributed by atoms with E-state index in [4.69, 9.17) is 5.11 Å². The molecule has 7 heteroatoms. The van der Waals surface area contributed by atoms with Gasteiger partial charge >= 0.3 is 5.97 Å². The summed E-state index contributed by atoms with van der Waals surface area (Å²) in [6.07, 6.45) is 1.88. The van der Waals surface area contributed by atoms with Crippen LogP contribution in [-0.2, 0) is 10.0 Å². The fourth-order valence-electron chi connectivity index (χ4n) is 1.38. The second-order valence-electron chi connectivity index (χ2n) is 3.62. The molecule has 0 aliphatic heterocycles. The predicted molar refractivity (Wildman–Crippen MR) is 71.6 cm³/mol. The minimum absolute atomic E-state index is 0.166. The first-order valence-electron chi connectivity index (χ1n) is 5.19. The predicted octanol–water partition coefficient (Wildman–Crippen LogP) is 1.37. The summed E-state index contributed by atoms with van der Waals surface area (Å²) in [4.78, 5) is 10.9. The highest BCUT2D eigenvalue weighted by molar-refractivity contribution is 7.98. The largest absolute Gasteiger partial charge is 0.478 e. The lowest BCUT2D eigenvalue weighted by atomic mass is 10.2. The molecule has 0 spiro atoms. The van der Waals surface area contributed by atoms with E-state index in [0.717, 1.165) is 0 Å². The van der Waals surface area contributed by atoms with E-state index in [1.807, 2.05) is 6.26 Å². The van der Waals surface area contributed by atoms with Gasteiger partial charge in [-0.15, -0.1) is 0 Å². The third-order valence-electron chi connectivity index (χ3n) is 2.42. The zero-order valence-electron chi connectivity index (χ0n) is 10.2. The van der Waals surface area contributed by atoms with Crippen molar-refractivity contribution < 1.29 is 18.3 Å². The SMILES string of the molecule is CSCCN(C)S(=O)(=O)c1ccccc1C(=O)O. The molecule has 0 aliphatic rings. The smallest absolute Gasteiger partial charge is 0.337 e. The number of benzene rings is 1. The molecule has 0 bridgehead atoms. The van der Waals surface area contributed by atoms with Crippen LogP contribution in [0.25, 0.3) is 0 Å². The van der Waals surface area contributed by atoms with Crippen molar-refractivity contribution in [3.8, 4) is 0 Å². The van der Waals surface area contributed by atoms with Crippen molar-refractivity contribution in [1.29, 1.82) is 0 Å². The van der Waals surface area contributed by atoms with Gasteiger partial charge in [0, 0.05) is 19.3 Å². The fraction of sp³-hybridized carbons (Fsp3) is 0.364. The first-order valence-corrected chi connectivity index (χ1v) is 8.02. The molecule has 1 rings (SSSR count). The summed E-state index contributed by atoms with van der Waals surface area (Å²) in [6, 6.07) is 5.62. The molecule has 1 aromatic carbocycles. The summed E-state index contributed by atoms with van der Waals surface area (Å²) in [6.45, 7) is 0.345. The number of carboxylic acids is 1. The Morgan fingerprint density at radius 2 is 2.00 bits per heavy atom. The normalized spacial score (nSPS) is 11.7. The van der Waals surface area contributed by atoms with Crippen molar-refractivity contribution in [2.45, 2.75) is 4.90 Å². The lowest BCUT2D eigenvalue weighted by molar-refractivity contribution is 0.0692. The van der Waals surface area contributed by atoms with Gasteiger partial charge in [0.05, 0.1) is 10.5 Å². The van der Waals surface area contributed by atoms with E-state index < -0.39 is 16.0 Å². The maximum atomic E-state index is 12.2. The monoisotopic (exact) mass is 289 g/mol. The molecule has 5 nitrogen and oxygen atoms in total. The number of nitrogens with zero attached hydrogens (tertiary/aromatic N) is 1. The van der Waals surface area contributed by atoms with Gasteiger partial charge in [0.2, 0.25) is 10.0 Å². The molecule has 1 N–H and O–H groups in total. The molecule has 0 unspecified atom stereocenters. The van der Waals surface area contributed by atoms with Gasteiger partial charge in [-0.2, -0.15) is 11.8 Å². The molecule has 0 radical (unpaired) electrons. The van der Waals surface area contributed by atoms with Gasteiger partial charge in [0.25, 0.3) is 0 Å². The average molecular weight is 289 g/mol. The standard InChI is InChI=1S/C11H15NO4S2/c1-12(7-8-17-2)18(15,16)10-6-4-3-5-9(10)11(13)14/h3-6H,7-8H2,1-2H3,(H,13,14). The summed E-state index contributed by atoms with van der Waals surface area (Å²) in [5.41, 5.74) is -0.200. The summed E-state index contributed by atoms with van der Waals surface area (Å²) in [5.74, 6) is -0.585. The van der Waals surface area contributed by atoms with Crippen LogP contribution in [-0.4, -0.2) is 49.4 Å². The topological polar surface area (TPSA) is 74.7 Å². The maximum Gasteiger partial charge on any atom is 0.337 e. The van der Waals surface area contributed by atoms with Crippen LogP contribution in [0.15, 0.2) is 29.2 Å². The minimum atomic E-state index is -3.75. The minimum Gasteiger partial charge on any atom is -0.478 e. The van der Waals surface area contributed by atoms with Crippen molar-refractivity contribution in [3.63, 3.8) is 0 Å². The number of rotatable bonds is 6. The van der Waals surface area contributed by atoms with Crippen LogP contribution in [0.2, 0.25) is 0 Å². The number of carbonyl (C=O) groups is 1. The van der Waals surface area contributed by atoms with E-state index in [9.17, 15) is 13.2 Å². The van der Waals surface area contributed by atoms with Crippen LogP contribution in [0.4, 0.5) is 0 Å². The molecule has 0 atom stereocenters. The molecule has 0 aromatic heterocycles. The average Bonchev–Trinajstić information content (AvgIpc) is 2.35. The second-order valence-corrected chi connectivity index (χ2v) is 6.62. The summed E-state index contributed by atoms with van der Waals surface area (Å²) >= 11 is 1.53. The number of hydrogen-bond acceptors (Lipinski definition) is 4. The van der Waals surface area contributed by atoms with Crippen LogP contribution in [0.5, 0.6) is 0 Å². The Bertz CT molecular complexity index is 528. The molecule has 0 saturated carbocycles. The highest BCUT2D eigenvalue weighted by atomic mass is 32.2. The van der Waals surface area contributed by atoms with Gasteiger partial charge in [-0.25, -0.2) is 17.5 Å². The summed E-state index contributed by atoms with van der Waals surface area (Å²) in [7, 11) is -2.30. The van der Waals surface area contributed by atoms with Crippen molar-refractivity contribution in [2.75, 3.05) is 25.6 Å². The summed E-state index contributed by atoms with van der Waals surface area (Å²) in [5, 5.41) is 9.00. The molecule has 0 amide bonds. The molecule has 0 fully saturated rings. The van der Waals surface area contributed by atoms with E-state index in [1.54, 1.807) is 0 Å². The van der Waals surface area contributed by atoms with Crippen molar-refractivity contribution in [2.24, 2.45) is 0 Å². The number of sulfonamides is 1. The number of aromatic carboxylic acids is 1. The first kappa shape index (κ1) is 15.0. The Morgan fingerprint density at radius 3 is 2.56 bits per heavy atom. The zero-order chi connectivity index (χ0) is 13.8. The van der Waals surface area contributed by atoms with E-state index >= 15 is 0 Å². The number of carboxylic acid groups (broad SMARTS) is 1. The molecular formula is C11H15NO4S2. The Balaban J connectivity index is 3.16. The Morgan fingerprint density at radius 1 is 1.39 bits per heavy atom. The van der Waals surface area contributed by atoms with Crippen LogP contribution in [0, 0.1) is 0 Å². The lowest BCUT2D eigenvalue weighted by Crippen LogP contribution is -2.30. The van der Waals surface area contributed by atoms with Gasteiger partial charge < -0.3 is 5.11 Å². The highest BCUT2D eigenvalue weighted by Crippen LogP contribution is 2.19.